The molecule has 0 saturated heterocycles. The van der Waals surface area contributed by atoms with Gasteiger partial charge in [-0.3, -0.25) is 0 Å². The van der Waals surface area contributed by atoms with Crippen LogP contribution in [-0.4, -0.2) is 157 Å². The Morgan fingerprint density at radius 2 is 0.459 bits per heavy atom. The predicted octanol–water partition coefficient (Wildman–Crippen LogP) is 5.30. The van der Waals surface area contributed by atoms with Crippen molar-refractivity contribution in [3.05, 3.63) is 0 Å². The maximum Gasteiger partial charge on any atom is 0.0637 e. The molecule has 0 atom stereocenters. The van der Waals surface area contributed by atoms with Gasteiger partial charge in [0.15, 0.2) is 0 Å². The maximum absolute atomic E-state index is 5.55. The summed E-state index contributed by atoms with van der Waals surface area (Å²) in [6, 6.07) is 0. The van der Waals surface area contributed by atoms with Crippen LogP contribution in [0.3, 0.4) is 0 Å². The first-order chi connectivity index (χ1) is 15.2. The van der Waals surface area contributed by atoms with E-state index < -0.39 is 0 Å². The molecule has 0 aromatic heterocycles. The molecular formula is C25H68I4N4O4. The Morgan fingerprint density at radius 1 is 0.351 bits per heavy atom. The van der Waals surface area contributed by atoms with E-state index in [1.165, 1.54) is 0 Å². The van der Waals surface area contributed by atoms with Gasteiger partial charge in [-0.15, -0.1) is 95.9 Å². The lowest BCUT2D eigenvalue weighted by molar-refractivity contribution is -0.101. The Balaban J connectivity index is -0.0000000465. The summed E-state index contributed by atoms with van der Waals surface area (Å²) >= 11 is 0. The number of rotatable bonds is 12. The molecule has 0 spiro atoms. The molecule has 0 aromatic rings. The van der Waals surface area contributed by atoms with Crippen LogP contribution in [0.4, 0.5) is 0 Å². The van der Waals surface area contributed by atoms with Crippen molar-refractivity contribution in [1.29, 1.82) is 0 Å². The van der Waals surface area contributed by atoms with Crippen molar-refractivity contribution in [2.45, 2.75) is 27.7 Å². The van der Waals surface area contributed by atoms with Gasteiger partial charge in [0.1, 0.15) is 0 Å². The molecule has 0 aliphatic heterocycles. The highest BCUT2D eigenvalue weighted by molar-refractivity contribution is 14.0. The molecule has 0 aliphatic rings. The van der Waals surface area contributed by atoms with E-state index in [1.807, 2.05) is 132 Å². The van der Waals surface area contributed by atoms with Crippen LogP contribution in [-0.2, 0) is 18.9 Å². The highest BCUT2D eigenvalue weighted by atomic mass is 127. The van der Waals surface area contributed by atoms with Crippen molar-refractivity contribution in [1.82, 2.24) is 19.6 Å². The molecular weight excluding hydrogens is 928 g/mol. The molecule has 0 rings (SSSR count). The summed E-state index contributed by atoms with van der Waals surface area (Å²) < 4.78 is 22.2. The average molecular weight is 996 g/mol. The van der Waals surface area contributed by atoms with E-state index in [9.17, 15) is 0 Å². The first-order valence-electron chi connectivity index (χ1n) is 11.9. The zero-order valence-corrected chi connectivity index (χ0v) is 36.5. The average Bonchev–Trinajstić information content (AvgIpc) is 2.65. The Hall–Kier alpha value is 2.60. The number of hydrogen-bond donors (Lipinski definition) is 0. The van der Waals surface area contributed by atoms with Gasteiger partial charge in [0.2, 0.25) is 0 Å². The quantitative estimate of drug-likeness (QED) is 0.245. The largest absolute Gasteiger partial charge is 0.381 e. The molecule has 0 saturated carbocycles. The van der Waals surface area contributed by atoms with Gasteiger partial charge < -0.3 is 38.5 Å². The second kappa shape index (κ2) is 51.3. The summed E-state index contributed by atoms with van der Waals surface area (Å²) in [6.45, 7) is 13.2. The molecule has 0 fully saturated rings. The lowest BCUT2D eigenvalue weighted by Crippen LogP contribution is -2.41. The molecule has 0 amide bonds. The Morgan fingerprint density at radius 3 is 0.541 bits per heavy atom. The first kappa shape index (κ1) is 63.0. The second-order valence-corrected chi connectivity index (χ2v) is 9.42. The summed E-state index contributed by atoms with van der Waals surface area (Å²) in [5.74, 6) is 0. The van der Waals surface area contributed by atoms with Crippen LogP contribution in [0.1, 0.15) is 27.7 Å². The van der Waals surface area contributed by atoms with Gasteiger partial charge in [0.05, 0.1) is 31.8 Å². The molecule has 37 heavy (non-hydrogen) atoms. The minimum atomic E-state index is -0.183. The van der Waals surface area contributed by atoms with E-state index in [0.29, 0.717) is 52.9 Å². The van der Waals surface area contributed by atoms with Gasteiger partial charge in [-0.05, 0) is 112 Å². The van der Waals surface area contributed by atoms with Crippen LogP contribution in [0.25, 0.3) is 0 Å². The Bertz CT molecular complexity index is 265. The van der Waals surface area contributed by atoms with Gasteiger partial charge >= 0.3 is 0 Å². The summed E-state index contributed by atoms with van der Waals surface area (Å²) in [4.78, 5) is 8.00. The second-order valence-electron chi connectivity index (χ2n) is 9.42. The zero-order chi connectivity index (χ0) is 27.3. The van der Waals surface area contributed by atoms with Crippen molar-refractivity contribution in [3.8, 4) is 0 Å². The highest BCUT2D eigenvalue weighted by Crippen LogP contribution is 2.20. The first-order valence-corrected chi connectivity index (χ1v) is 11.9. The molecule has 0 bridgehead atoms. The highest BCUT2D eigenvalue weighted by Gasteiger charge is 2.31. The number of nitrogens with zero attached hydrogens (tertiary/aromatic N) is 4. The molecule has 8 nitrogen and oxygen atoms in total. The molecule has 0 N–H and O–H groups in total. The van der Waals surface area contributed by atoms with Gasteiger partial charge in [-0.2, -0.15) is 0 Å². The normalized spacial score (nSPS) is 9.41. The van der Waals surface area contributed by atoms with Crippen molar-refractivity contribution in [2.75, 3.05) is 137 Å². The van der Waals surface area contributed by atoms with Gasteiger partial charge in [0.25, 0.3) is 0 Å². The SMILES string of the molecule is CCOCC(COCC)(COCC)COCC.CN(C)C.CN(C)C.CN(C)C.CN(C)C.I.I.I.I. The van der Waals surface area contributed by atoms with E-state index in [0.717, 1.165) is 0 Å². The van der Waals surface area contributed by atoms with Crippen LogP contribution < -0.4 is 0 Å². The summed E-state index contributed by atoms with van der Waals surface area (Å²) in [6.07, 6.45) is 0. The Kier molecular flexibility index (Phi) is 87.4. The minimum Gasteiger partial charge on any atom is -0.381 e. The third-order valence-electron chi connectivity index (χ3n) is 2.45. The molecule has 240 valence electrons. The maximum atomic E-state index is 5.55. The van der Waals surface area contributed by atoms with Gasteiger partial charge in [0, 0.05) is 26.4 Å². The van der Waals surface area contributed by atoms with Gasteiger partial charge in [-0.1, -0.05) is 0 Å². The fraction of sp³-hybridized carbons (Fsp3) is 1.00. The Labute approximate surface area is 302 Å². The van der Waals surface area contributed by atoms with E-state index in [4.69, 9.17) is 18.9 Å². The number of hydrogen-bond acceptors (Lipinski definition) is 8. The molecule has 12 heteroatoms. The third kappa shape index (κ3) is 101. The molecule has 0 aromatic carbocycles. The van der Waals surface area contributed by atoms with Crippen molar-refractivity contribution < 1.29 is 18.9 Å². The summed E-state index contributed by atoms with van der Waals surface area (Å²) in [5, 5.41) is 0. The smallest absolute Gasteiger partial charge is 0.0637 e. The predicted molar refractivity (Wildman–Crippen MR) is 209 cm³/mol. The molecule has 0 unspecified atom stereocenters. The van der Waals surface area contributed by atoms with E-state index in [-0.39, 0.29) is 101 Å². The molecule has 0 aliphatic carbocycles. The van der Waals surface area contributed by atoms with E-state index >= 15 is 0 Å². The van der Waals surface area contributed by atoms with Gasteiger partial charge in [-0.25, -0.2) is 0 Å². The monoisotopic (exact) mass is 996 g/mol. The number of halogens is 4. The third-order valence-corrected chi connectivity index (χ3v) is 2.45. The molecule has 0 heterocycles. The van der Waals surface area contributed by atoms with Crippen LogP contribution in [0.2, 0.25) is 0 Å². The summed E-state index contributed by atoms with van der Waals surface area (Å²) in [5.41, 5.74) is -0.183. The fourth-order valence-electron chi connectivity index (χ4n) is 1.52. The van der Waals surface area contributed by atoms with Crippen molar-refractivity contribution >= 4 is 95.9 Å². The molecule has 0 radical (unpaired) electrons. The fourth-order valence-corrected chi connectivity index (χ4v) is 1.52. The standard InChI is InChI=1S/C13H28O4.4C3H9N.4HI/c1-5-14-9-13(10-15-6-2,11-16-7-3)12-17-8-4;4*1-4(2)3;;;;/h5-12H2,1-4H3;4*1-3H3;4*1H. The minimum absolute atomic E-state index is 0. The zero-order valence-electron chi connectivity index (χ0n) is 27.2. The van der Waals surface area contributed by atoms with Crippen LogP contribution >= 0.6 is 95.9 Å². The van der Waals surface area contributed by atoms with E-state index in [2.05, 4.69) is 0 Å². The van der Waals surface area contributed by atoms with Crippen LogP contribution in [0.15, 0.2) is 0 Å². The van der Waals surface area contributed by atoms with Crippen molar-refractivity contribution in [3.63, 3.8) is 0 Å². The van der Waals surface area contributed by atoms with E-state index in [1.54, 1.807) is 0 Å². The van der Waals surface area contributed by atoms with Crippen LogP contribution in [0, 0.1) is 5.41 Å². The van der Waals surface area contributed by atoms with Crippen molar-refractivity contribution in [2.24, 2.45) is 5.41 Å². The number of ether oxygens (including phenoxy) is 4. The topological polar surface area (TPSA) is 49.9 Å². The van der Waals surface area contributed by atoms with Crippen LogP contribution in [0.5, 0.6) is 0 Å². The lowest BCUT2D eigenvalue weighted by atomic mass is 9.92. The summed E-state index contributed by atoms with van der Waals surface area (Å²) in [7, 11) is 24.0. The lowest BCUT2D eigenvalue weighted by Gasteiger charge is -2.32.